The first kappa shape index (κ1) is 13.3. The molecule has 0 amide bonds. The maximum Gasteiger partial charge on any atom is 0.307 e. The molecule has 0 atom stereocenters. The van der Waals surface area contributed by atoms with Crippen molar-refractivity contribution in [3.8, 4) is 0 Å². The molecule has 0 bridgehead atoms. The standard InChI is InChI=1S/C16H16O3/c17-16(18)10-14-8-4-5-9-15(14)12-19-11-13-6-2-1-3-7-13/h1-9H,10-12H2,(H,17,18). The number of aliphatic carboxylic acids is 1. The molecule has 0 spiro atoms. The Morgan fingerprint density at radius 2 is 1.53 bits per heavy atom. The van der Waals surface area contributed by atoms with Crippen LogP contribution in [-0.4, -0.2) is 11.1 Å². The van der Waals surface area contributed by atoms with E-state index in [1.165, 1.54) is 0 Å². The lowest BCUT2D eigenvalue weighted by Crippen LogP contribution is -2.04. The second-order valence-electron chi connectivity index (χ2n) is 4.32. The summed E-state index contributed by atoms with van der Waals surface area (Å²) >= 11 is 0. The van der Waals surface area contributed by atoms with Gasteiger partial charge in [-0.3, -0.25) is 4.79 Å². The Kier molecular flexibility index (Phi) is 4.70. The van der Waals surface area contributed by atoms with Gasteiger partial charge in [-0.15, -0.1) is 0 Å². The average Bonchev–Trinajstić information content (AvgIpc) is 2.41. The monoisotopic (exact) mass is 256 g/mol. The van der Waals surface area contributed by atoms with Crippen molar-refractivity contribution < 1.29 is 14.6 Å². The first-order valence-electron chi connectivity index (χ1n) is 6.16. The zero-order valence-corrected chi connectivity index (χ0v) is 10.6. The van der Waals surface area contributed by atoms with Crippen molar-refractivity contribution in [1.29, 1.82) is 0 Å². The Balaban J connectivity index is 1.94. The molecular formula is C16H16O3. The van der Waals surface area contributed by atoms with E-state index in [0.29, 0.717) is 13.2 Å². The van der Waals surface area contributed by atoms with Crippen LogP contribution in [0.4, 0.5) is 0 Å². The van der Waals surface area contributed by atoms with Crippen LogP contribution in [0.5, 0.6) is 0 Å². The van der Waals surface area contributed by atoms with Crippen LogP contribution >= 0.6 is 0 Å². The van der Waals surface area contributed by atoms with Crippen LogP contribution in [0, 0.1) is 0 Å². The molecule has 0 aromatic heterocycles. The minimum absolute atomic E-state index is 0.0326. The second-order valence-corrected chi connectivity index (χ2v) is 4.32. The number of carbonyl (C=O) groups is 1. The van der Waals surface area contributed by atoms with E-state index >= 15 is 0 Å². The van der Waals surface area contributed by atoms with Gasteiger partial charge in [0.25, 0.3) is 0 Å². The molecule has 98 valence electrons. The third-order valence-corrected chi connectivity index (χ3v) is 2.83. The van der Waals surface area contributed by atoms with Crippen LogP contribution in [0.15, 0.2) is 54.6 Å². The molecule has 0 aliphatic rings. The fourth-order valence-electron chi connectivity index (χ4n) is 1.89. The number of carboxylic acid groups (broad SMARTS) is 1. The molecule has 3 heteroatoms. The summed E-state index contributed by atoms with van der Waals surface area (Å²) in [6.45, 7) is 0.959. The maximum absolute atomic E-state index is 10.8. The highest BCUT2D eigenvalue weighted by Crippen LogP contribution is 2.12. The minimum atomic E-state index is -0.824. The summed E-state index contributed by atoms with van der Waals surface area (Å²) < 4.78 is 5.64. The molecule has 2 rings (SSSR count). The van der Waals surface area contributed by atoms with Crippen LogP contribution < -0.4 is 0 Å². The SMILES string of the molecule is O=C(O)Cc1ccccc1COCc1ccccc1. The lowest BCUT2D eigenvalue weighted by Gasteiger charge is -2.08. The topological polar surface area (TPSA) is 46.5 Å². The van der Waals surface area contributed by atoms with E-state index in [9.17, 15) is 4.79 Å². The molecule has 0 saturated carbocycles. The number of carboxylic acids is 1. The Hall–Kier alpha value is -2.13. The molecular weight excluding hydrogens is 240 g/mol. The van der Waals surface area contributed by atoms with E-state index in [2.05, 4.69) is 0 Å². The molecule has 0 aliphatic heterocycles. The van der Waals surface area contributed by atoms with E-state index < -0.39 is 5.97 Å². The summed E-state index contributed by atoms with van der Waals surface area (Å²) in [7, 11) is 0. The first-order valence-corrected chi connectivity index (χ1v) is 6.16. The van der Waals surface area contributed by atoms with E-state index in [1.54, 1.807) is 0 Å². The molecule has 0 unspecified atom stereocenters. The van der Waals surface area contributed by atoms with Crippen LogP contribution in [0.25, 0.3) is 0 Å². The summed E-state index contributed by atoms with van der Waals surface area (Å²) in [4.78, 5) is 10.8. The van der Waals surface area contributed by atoms with E-state index in [0.717, 1.165) is 16.7 Å². The van der Waals surface area contributed by atoms with Gasteiger partial charge in [-0.25, -0.2) is 0 Å². The summed E-state index contributed by atoms with van der Waals surface area (Å²) in [5, 5.41) is 8.85. The molecule has 3 nitrogen and oxygen atoms in total. The van der Waals surface area contributed by atoms with Gasteiger partial charge < -0.3 is 9.84 Å². The third kappa shape index (κ3) is 4.23. The highest BCUT2D eigenvalue weighted by molar-refractivity contribution is 5.70. The lowest BCUT2D eigenvalue weighted by molar-refractivity contribution is -0.136. The Morgan fingerprint density at radius 3 is 2.21 bits per heavy atom. The zero-order chi connectivity index (χ0) is 13.5. The van der Waals surface area contributed by atoms with Crippen LogP contribution in [0.2, 0.25) is 0 Å². The van der Waals surface area contributed by atoms with Gasteiger partial charge >= 0.3 is 5.97 Å². The van der Waals surface area contributed by atoms with Gasteiger partial charge in [0.1, 0.15) is 0 Å². The van der Waals surface area contributed by atoms with Crippen LogP contribution in [0.3, 0.4) is 0 Å². The summed E-state index contributed by atoms with van der Waals surface area (Å²) in [6, 6.07) is 17.4. The molecule has 0 radical (unpaired) electrons. The lowest BCUT2D eigenvalue weighted by atomic mass is 10.1. The highest BCUT2D eigenvalue weighted by atomic mass is 16.5. The average molecular weight is 256 g/mol. The van der Waals surface area contributed by atoms with Crippen LogP contribution in [-0.2, 0) is 29.2 Å². The minimum Gasteiger partial charge on any atom is -0.481 e. The first-order chi connectivity index (χ1) is 9.25. The van der Waals surface area contributed by atoms with E-state index in [-0.39, 0.29) is 6.42 Å². The molecule has 2 aromatic rings. The third-order valence-electron chi connectivity index (χ3n) is 2.83. The number of ether oxygens (including phenoxy) is 1. The van der Waals surface area contributed by atoms with Gasteiger partial charge in [-0.1, -0.05) is 54.6 Å². The predicted molar refractivity (Wildman–Crippen MR) is 72.7 cm³/mol. The van der Waals surface area contributed by atoms with Crippen molar-refractivity contribution in [2.45, 2.75) is 19.6 Å². The molecule has 1 N–H and O–H groups in total. The quantitative estimate of drug-likeness (QED) is 0.864. The number of hydrogen-bond acceptors (Lipinski definition) is 2. The molecule has 19 heavy (non-hydrogen) atoms. The normalized spacial score (nSPS) is 10.3. The van der Waals surface area contributed by atoms with Crippen molar-refractivity contribution in [1.82, 2.24) is 0 Å². The maximum atomic E-state index is 10.8. The summed E-state index contributed by atoms with van der Waals surface area (Å²) in [5.41, 5.74) is 2.85. The van der Waals surface area contributed by atoms with Gasteiger partial charge in [0.15, 0.2) is 0 Å². The van der Waals surface area contributed by atoms with Crippen molar-refractivity contribution in [3.63, 3.8) is 0 Å². The van der Waals surface area contributed by atoms with Gasteiger partial charge in [-0.05, 0) is 16.7 Å². The van der Waals surface area contributed by atoms with Crippen molar-refractivity contribution in [2.75, 3.05) is 0 Å². The zero-order valence-electron chi connectivity index (χ0n) is 10.6. The molecule has 0 saturated heterocycles. The Labute approximate surface area is 112 Å². The molecule has 0 fully saturated rings. The van der Waals surface area contributed by atoms with Crippen LogP contribution in [0.1, 0.15) is 16.7 Å². The fraction of sp³-hybridized carbons (Fsp3) is 0.188. The van der Waals surface area contributed by atoms with Gasteiger partial charge in [-0.2, -0.15) is 0 Å². The number of benzene rings is 2. The van der Waals surface area contributed by atoms with Crippen molar-refractivity contribution in [3.05, 3.63) is 71.3 Å². The van der Waals surface area contributed by atoms with E-state index in [4.69, 9.17) is 9.84 Å². The summed E-state index contributed by atoms with van der Waals surface area (Å²) in [6.07, 6.45) is 0.0326. The fourth-order valence-corrected chi connectivity index (χ4v) is 1.89. The predicted octanol–water partition coefficient (Wildman–Crippen LogP) is 3.03. The van der Waals surface area contributed by atoms with Crippen molar-refractivity contribution in [2.24, 2.45) is 0 Å². The van der Waals surface area contributed by atoms with Gasteiger partial charge in [0, 0.05) is 0 Å². The molecule has 0 aliphatic carbocycles. The van der Waals surface area contributed by atoms with Gasteiger partial charge in [0.2, 0.25) is 0 Å². The van der Waals surface area contributed by atoms with Crippen molar-refractivity contribution >= 4 is 5.97 Å². The van der Waals surface area contributed by atoms with E-state index in [1.807, 2.05) is 54.6 Å². The second kappa shape index (κ2) is 6.71. The smallest absolute Gasteiger partial charge is 0.307 e. The summed E-state index contributed by atoms with van der Waals surface area (Å²) in [5.74, 6) is -0.824. The Bertz CT molecular complexity index is 535. The Morgan fingerprint density at radius 1 is 0.895 bits per heavy atom. The number of rotatable bonds is 6. The van der Waals surface area contributed by atoms with Gasteiger partial charge in [0.05, 0.1) is 19.6 Å². The largest absolute Gasteiger partial charge is 0.481 e. The highest BCUT2D eigenvalue weighted by Gasteiger charge is 2.06. The number of hydrogen-bond donors (Lipinski definition) is 1. The molecule has 2 aromatic carbocycles. The molecule has 0 heterocycles.